The van der Waals surface area contributed by atoms with Gasteiger partial charge in [-0.15, -0.1) is 0 Å². The van der Waals surface area contributed by atoms with Gasteiger partial charge in [0.2, 0.25) is 0 Å². The zero-order valence-electron chi connectivity index (χ0n) is 17.5. The molecule has 9 nitrogen and oxygen atoms in total. The normalized spacial score (nSPS) is 10.7. The third-order valence-electron chi connectivity index (χ3n) is 4.38. The van der Waals surface area contributed by atoms with Crippen molar-refractivity contribution in [3.05, 3.63) is 84.2 Å². The Morgan fingerprint density at radius 1 is 0.939 bits per heavy atom. The molecule has 0 spiro atoms. The van der Waals surface area contributed by atoms with Gasteiger partial charge in [0.05, 0.1) is 24.2 Å². The first kappa shape index (κ1) is 23.5. The van der Waals surface area contributed by atoms with Gasteiger partial charge in [-0.3, -0.25) is 25.2 Å². The van der Waals surface area contributed by atoms with Gasteiger partial charge in [-0.2, -0.15) is 0 Å². The number of amides is 2. The number of ether oxygens (including phenoxy) is 1. The third kappa shape index (κ3) is 6.43. The van der Waals surface area contributed by atoms with E-state index in [1.54, 1.807) is 31.4 Å². The lowest BCUT2D eigenvalue weighted by Gasteiger charge is -2.11. The number of carbonyl (C=O) groups is 2. The summed E-state index contributed by atoms with van der Waals surface area (Å²) in [5.41, 5.74) is 4.90. The minimum absolute atomic E-state index is 0.0187. The number of methoxy groups -OCH3 is 1. The first-order valence-corrected chi connectivity index (χ1v) is 11.1. The van der Waals surface area contributed by atoms with Crippen molar-refractivity contribution in [3.8, 4) is 5.75 Å². The number of para-hydroxylation sites is 1. The van der Waals surface area contributed by atoms with Crippen LogP contribution in [0.3, 0.4) is 0 Å². The standard InChI is InChI=1S/C22H21FN4O5S/c1-32-17-11-9-16(10-12-17)24-14-21(28)25-26-22(29)15-5-4-6-18(13-15)33(30,31)27-20-8-3-2-7-19(20)23/h2-13,24,27H,14H2,1H3,(H,25,28)(H,26,29). The van der Waals surface area contributed by atoms with Crippen LogP contribution in [0.15, 0.2) is 77.7 Å². The second-order valence-corrected chi connectivity index (χ2v) is 8.38. The molecule has 0 aliphatic rings. The number of sulfonamides is 1. The summed E-state index contributed by atoms with van der Waals surface area (Å²) in [5.74, 6) is -1.31. The first-order valence-electron chi connectivity index (χ1n) is 9.63. The van der Waals surface area contributed by atoms with Crippen LogP contribution in [0.2, 0.25) is 0 Å². The minimum Gasteiger partial charge on any atom is -0.497 e. The predicted molar refractivity (Wildman–Crippen MR) is 121 cm³/mol. The van der Waals surface area contributed by atoms with Crippen molar-refractivity contribution in [1.82, 2.24) is 10.9 Å². The smallest absolute Gasteiger partial charge is 0.269 e. The molecule has 0 bridgehead atoms. The molecule has 0 aliphatic carbocycles. The van der Waals surface area contributed by atoms with Crippen LogP contribution in [-0.2, 0) is 14.8 Å². The molecular formula is C22H21FN4O5S. The topological polar surface area (TPSA) is 126 Å². The monoisotopic (exact) mass is 472 g/mol. The van der Waals surface area contributed by atoms with Gasteiger partial charge in [-0.25, -0.2) is 12.8 Å². The second-order valence-electron chi connectivity index (χ2n) is 6.70. The van der Waals surface area contributed by atoms with E-state index in [2.05, 4.69) is 20.9 Å². The fourth-order valence-electron chi connectivity index (χ4n) is 2.69. The van der Waals surface area contributed by atoms with Crippen molar-refractivity contribution < 1.29 is 27.1 Å². The maximum Gasteiger partial charge on any atom is 0.269 e. The molecule has 0 heterocycles. The van der Waals surface area contributed by atoms with Crippen LogP contribution in [0.5, 0.6) is 5.75 Å². The number of hydrogen-bond donors (Lipinski definition) is 4. The number of anilines is 2. The lowest BCUT2D eigenvalue weighted by atomic mass is 10.2. The van der Waals surface area contributed by atoms with Gasteiger partial charge in [-0.05, 0) is 54.6 Å². The van der Waals surface area contributed by atoms with Gasteiger partial charge in [0.25, 0.3) is 21.8 Å². The summed E-state index contributed by atoms with van der Waals surface area (Å²) in [5, 5.41) is 2.88. The molecule has 11 heteroatoms. The number of rotatable bonds is 8. The number of carbonyl (C=O) groups excluding carboxylic acids is 2. The zero-order valence-corrected chi connectivity index (χ0v) is 18.3. The van der Waals surface area contributed by atoms with Gasteiger partial charge in [0.1, 0.15) is 11.6 Å². The Hall–Kier alpha value is -4.12. The Morgan fingerprint density at radius 2 is 1.67 bits per heavy atom. The predicted octanol–water partition coefficient (Wildman–Crippen LogP) is 2.51. The van der Waals surface area contributed by atoms with E-state index in [1.807, 2.05) is 0 Å². The van der Waals surface area contributed by atoms with E-state index < -0.39 is 27.7 Å². The first-order chi connectivity index (χ1) is 15.8. The Labute approximate surface area is 190 Å². The largest absolute Gasteiger partial charge is 0.497 e. The van der Waals surface area contributed by atoms with Gasteiger partial charge in [0.15, 0.2) is 0 Å². The molecule has 0 radical (unpaired) electrons. The SMILES string of the molecule is COc1ccc(NCC(=O)NNC(=O)c2cccc(S(=O)(=O)Nc3ccccc3F)c2)cc1. The number of nitrogens with one attached hydrogen (secondary N) is 4. The minimum atomic E-state index is -4.14. The Kier molecular flexibility index (Phi) is 7.46. The maximum absolute atomic E-state index is 13.8. The van der Waals surface area contributed by atoms with Crippen molar-refractivity contribution in [1.29, 1.82) is 0 Å². The van der Waals surface area contributed by atoms with E-state index in [9.17, 15) is 22.4 Å². The van der Waals surface area contributed by atoms with Crippen molar-refractivity contribution in [2.45, 2.75) is 4.90 Å². The number of halogens is 1. The summed E-state index contributed by atoms with van der Waals surface area (Å²) in [6, 6.07) is 17.3. The summed E-state index contributed by atoms with van der Waals surface area (Å²) in [6.07, 6.45) is 0. The van der Waals surface area contributed by atoms with Crippen molar-refractivity contribution in [2.24, 2.45) is 0 Å². The Balaban J connectivity index is 1.57. The molecule has 0 aromatic heterocycles. The van der Waals surface area contributed by atoms with Crippen molar-refractivity contribution in [2.75, 3.05) is 23.7 Å². The molecule has 172 valence electrons. The number of benzene rings is 3. The highest BCUT2D eigenvalue weighted by molar-refractivity contribution is 7.92. The van der Waals surface area contributed by atoms with Crippen LogP contribution in [0.4, 0.5) is 15.8 Å². The molecule has 2 amide bonds. The Morgan fingerprint density at radius 3 is 2.36 bits per heavy atom. The molecule has 3 aromatic rings. The number of hydrazine groups is 1. The highest BCUT2D eigenvalue weighted by Gasteiger charge is 2.18. The highest BCUT2D eigenvalue weighted by atomic mass is 32.2. The van der Waals surface area contributed by atoms with E-state index in [-0.39, 0.29) is 22.7 Å². The second kappa shape index (κ2) is 10.5. The van der Waals surface area contributed by atoms with E-state index in [0.29, 0.717) is 11.4 Å². The summed E-state index contributed by atoms with van der Waals surface area (Å²) in [6.45, 7) is -0.117. The van der Waals surface area contributed by atoms with Crippen LogP contribution < -0.4 is 25.6 Å². The summed E-state index contributed by atoms with van der Waals surface area (Å²) >= 11 is 0. The van der Waals surface area contributed by atoms with Crippen LogP contribution in [0.25, 0.3) is 0 Å². The van der Waals surface area contributed by atoms with E-state index in [0.717, 1.165) is 12.1 Å². The molecule has 3 rings (SSSR count). The molecule has 0 fully saturated rings. The lowest BCUT2D eigenvalue weighted by Crippen LogP contribution is -2.44. The summed E-state index contributed by atoms with van der Waals surface area (Å²) < 4.78 is 46.1. The summed E-state index contributed by atoms with van der Waals surface area (Å²) in [4.78, 5) is 24.1. The molecule has 0 saturated carbocycles. The van der Waals surface area contributed by atoms with Crippen molar-refractivity contribution >= 4 is 33.2 Å². The Bertz CT molecular complexity index is 1250. The zero-order chi connectivity index (χ0) is 23.8. The van der Waals surface area contributed by atoms with Gasteiger partial charge in [-0.1, -0.05) is 18.2 Å². The number of hydrogen-bond acceptors (Lipinski definition) is 6. The van der Waals surface area contributed by atoms with Gasteiger partial charge in [0, 0.05) is 11.3 Å². The van der Waals surface area contributed by atoms with Crippen LogP contribution in [-0.4, -0.2) is 33.9 Å². The molecule has 0 aliphatic heterocycles. The molecule has 4 N–H and O–H groups in total. The van der Waals surface area contributed by atoms with Gasteiger partial charge < -0.3 is 10.1 Å². The average molecular weight is 472 g/mol. The fourth-order valence-corrected chi connectivity index (χ4v) is 3.80. The average Bonchev–Trinajstić information content (AvgIpc) is 2.83. The molecular weight excluding hydrogens is 451 g/mol. The van der Waals surface area contributed by atoms with Crippen molar-refractivity contribution in [3.63, 3.8) is 0 Å². The highest BCUT2D eigenvalue weighted by Crippen LogP contribution is 2.19. The molecule has 0 unspecified atom stereocenters. The maximum atomic E-state index is 13.8. The van der Waals surface area contributed by atoms with Crippen LogP contribution in [0.1, 0.15) is 10.4 Å². The van der Waals surface area contributed by atoms with E-state index in [1.165, 1.54) is 36.4 Å². The van der Waals surface area contributed by atoms with E-state index >= 15 is 0 Å². The molecule has 0 saturated heterocycles. The van der Waals surface area contributed by atoms with Crippen LogP contribution >= 0.6 is 0 Å². The summed E-state index contributed by atoms with van der Waals surface area (Å²) in [7, 11) is -2.60. The lowest BCUT2D eigenvalue weighted by molar-refractivity contribution is -0.120. The quantitative estimate of drug-likeness (QED) is 0.373. The van der Waals surface area contributed by atoms with Gasteiger partial charge >= 0.3 is 0 Å². The fraction of sp³-hybridized carbons (Fsp3) is 0.0909. The third-order valence-corrected chi connectivity index (χ3v) is 5.75. The molecule has 33 heavy (non-hydrogen) atoms. The molecule has 3 aromatic carbocycles. The van der Waals surface area contributed by atoms with E-state index in [4.69, 9.17) is 4.74 Å². The molecule has 0 atom stereocenters. The van der Waals surface area contributed by atoms with Crippen LogP contribution in [0, 0.1) is 5.82 Å².